The summed E-state index contributed by atoms with van der Waals surface area (Å²) >= 11 is 11.6. The first-order valence-corrected chi connectivity index (χ1v) is 10.9. The van der Waals surface area contributed by atoms with Gasteiger partial charge in [0.25, 0.3) is 5.91 Å². The number of anilines is 2. The van der Waals surface area contributed by atoms with E-state index in [1.807, 2.05) is 42.5 Å². The molecule has 0 spiro atoms. The van der Waals surface area contributed by atoms with Crippen LogP contribution < -0.4 is 15.5 Å². The fraction of sp³-hybridized carbons (Fsp3) is 0.250. The second-order valence-corrected chi connectivity index (χ2v) is 8.58. The van der Waals surface area contributed by atoms with Crippen LogP contribution in [0.2, 0.25) is 5.02 Å². The lowest BCUT2D eigenvalue weighted by molar-refractivity contribution is 0.0979. The number of hydrogen-bond acceptors (Lipinski definition) is 3. The molecule has 0 atom stereocenters. The first kappa shape index (κ1) is 20.6. The van der Waals surface area contributed by atoms with Gasteiger partial charge in [-0.3, -0.25) is 10.1 Å². The summed E-state index contributed by atoms with van der Waals surface area (Å²) in [5, 5.41) is 8.38. The van der Waals surface area contributed by atoms with Crippen molar-refractivity contribution in [1.29, 1.82) is 0 Å². The third-order valence-electron chi connectivity index (χ3n) is 5.61. The number of amides is 1. The number of nitrogens with zero attached hydrogens (tertiary/aromatic N) is 1. The maximum atomic E-state index is 12.8. The minimum atomic E-state index is -0.264. The molecule has 0 bridgehead atoms. The van der Waals surface area contributed by atoms with Gasteiger partial charge in [-0.2, -0.15) is 0 Å². The van der Waals surface area contributed by atoms with E-state index < -0.39 is 0 Å². The minimum Gasteiger partial charge on any atom is -0.372 e. The van der Waals surface area contributed by atoms with Gasteiger partial charge in [0, 0.05) is 40.4 Å². The fourth-order valence-corrected chi connectivity index (χ4v) is 4.27. The Kier molecular flexibility index (Phi) is 6.21. The molecule has 0 radical (unpaired) electrons. The Morgan fingerprint density at radius 2 is 1.67 bits per heavy atom. The van der Waals surface area contributed by atoms with Gasteiger partial charge in [0.2, 0.25) is 0 Å². The molecule has 3 aromatic carbocycles. The zero-order valence-corrected chi connectivity index (χ0v) is 18.4. The molecule has 0 saturated carbocycles. The van der Waals surface area contributed by atoms with Crippen LogP contribution in [0, 0.1) is 5.92 Å². The van der Waals surface area contributed by atoms with Crippen LogP contribution in [0.4, 0.5) is 11.4 Å². The number of carbonyl (C=O) groups is 1. The average molecular weight is 438 g/mol. The number of nitrogens with one attached hydrogen (secondary N) is 2. The third kappa shape index (κ3) is 4.58. The Morgan fingerprint density at radius 1 is 1.00 bits per heavy atom. The van der Waals surface area contributed by atoms with Gasteiger partial charge in [-0.25, -0.2) is 0 Å². The van der Waals surface area contributed by atoms with E-state index >= 15 is 0 Å². The van der Waals surface area contributed by atoms with Crippen LogP contribution in [0.25, 0.3) is 10.8 Å². The van der Waals surface area contributed by atoms with Crippen LogP contribution >= 0.6 is 23.8 Å². The predicted octanol–water partition coefficient (Wildman–Crippen LogP) is 5.86. The van der Waals surface area contributed by atoms with Crippen LogP contribution in [0.5, 0.6) is 0 Å². The van der Waals surface area contributed by atoms with E-state index in [0.29, 0.717) is 10.6 Å². The summed E-state index contributed by atoms with van der Waals surface area (Å²) in [5.74, 6) is 0.542. The van der Waals surface area contributed by atoms with Gasteiger partial charge in [0.05, 0.1) is 0 Å². The summed E-state index contributed by atoms with van der Waals surface area (Å²) in [5.41, 5.74) is 2.60. The van der Waals surface area contributed by atoms with Crippen molar-refractivity contribution in [1.82, 2.24) is 5.32 Å². The number of thiocarbonyl (C=S) groups is 1. The zero-order chi connectivity index (χ0) is 21.1. The lowest BCUT2D eigenvalue weighted by atomic mass is 9.99. The molecule has 3 aromatic rings. The van der Waals surface area contributed by atoms with Crippen molar-refractivity contribution in [3.63, 3.8) is 0 Å². The van der Waals surface area contributed by atoms with E-state index in [0.717, 1.165) is 35.5 Å². The molecule has 0 aromatic heterocycles. The van der Waals surface area contributed by atoms with Crippen molar-refractivity contribution in [2.45, 2.75) is 19.8 Å². The summed E-state index contributed by atoms with van der Waals surface area (Å²) in [4.78, 5) is 15.2. The second-order valence-electron chi connectivity index (χ2n) is 7.77. The molecule has 4 nitrogen and oxygen atoms in total. The van der Waals surface area contributed by atoms with Crippen molar-refractivity contribution in [3.8, 4) is 0 Å². The molecule has 0 unspecified atom stereocenters. The number of rotatable bonds is 3. The number of hydrogen-bond donors (Lipinski definition) is 2. The first-order chi connectivity index (χ1) is 14.5. The summed E-state index contributed by atoms with van der Waals surface area (Å²) in [6.07, 6.45) is 2.46. The molecular formula is C24H24ClN3OS. The van der Waals surface area contributed by atoms with Crippen molar-refractivity contribution >= 4 is 57.0 Å². The van der Waals surface area contributed by atoms with E-state index in [1.165, 1.54) is 18.5 Å². The van der Waals surface area contributed by atoms with Crippen LogP contribution in [-0.2, 0) is 0 Å². The molecule has 0 aliphatic carbocycles. The summed E-state index contributed by atoms with van der Waals surface area (Å²) in [7, 11) is 0. The molecule has 1 saturated heterocycles. The minimum absolute atomic E-state index is 0.263. The highest BCUT2D eigenvalue weighted by atomic mass is 35.5. The molecule has 1 heterocycles. The average Bonchev–Trinajstić information content (AvgIpc) is 2.75. The first-order valence-electron chi connectivity index (χ1n) is 10.2. The van der Waals surface area contributed by atoms with Gasteiger partial charge in [0.15, 0.2) is 5.11 Å². The Bertz CT molecular complexity index is 1080. The maximum Gasteiger partial charge on any atom is 0.258 e. The topological polar surface area (TPSA) is 44.4 Å². The fourth-order valence-electron chi connectivity index (χ4n) is 3.82. The van der Waals surface area contributed by atoms with Gasteiger partial charge in [-0.15, -0.1) is 0 Å². The Labute approximate surface area is 187 Å². The van der Waals surface area contributed by atoms with Crippen molar-refractivity contribution < 1.29 is 4.79 Å². The van der Waals surface area contributed by atoms with Crippen LogP contribution in [0.1, 0.15) is 30.1 Å². The van der Waals surface area contributed by atoms with E-state index in [4.69, 9.17) is 23.8 Å². The molecule has 1 amide bonds. The molecule has 6 heteroatoms. The quantitative estimate of drug-likeness (QED) is 0.504. The summed E-state index contributed by atoms with van der Waals surface area (Å²) in [6, 6.07) is 19.2. The van der Waals surface area contributed by atoms with Crippen LogP contribution in [0.15, 0.2) is 60.7 Å². The van der Waals surface area contributed by atoms with E-state index in [9.17, 15) is 4.79 Å². The Hall–Kier alpha value is -2.63. The van der Waals surface area contributed by atoms with Gasteiger partial charge in [0.1, 0.15) is 0 Å². The highest BCUT2D eigenvalue weighted by Gasteiger charge is 2.16. The highest BCUT2D eigenvalue weighted by molar-refractivity contribution is 7.80. The van der Waals surface area contributed by atoms with Crippen molar-refractivity contribution in [3.05, 3.63) is 71.2 Å². The van der Waals surface area contributed by atoms with E-state index in [1.54, 1.807) is 6.07 Å². The van der Waals surface area contributed by atoms with Gasteiger partial charge in [-0.05, 0) is 72.8 Å². The third-order valence-corrected chi connectivity index (χ3v) is 6.15. The lowest BCUT2D eigenvalue weighted by Gasteiger charge is -2.32. The smallest absolute Gasteiger partial charge is 0.258 e. The van der Waals surface area contributed by atoms with Crippen molar-refractivity contribution in [2.24, 2.45) is 5.92 Å². The molecular weight excluding hydrogens is 414 g/mol. The Balaban J connectivity index is 1.40. The normalized spacial score (nSPS) is 14.5. The second kappa shape index (κ2) is 9.02. The number of piperidine rings is 1. The van der Waals surface area contributed by atoms with E-state index in [2.05, 4.69) is 34.6 Å². The van der Waals surface area contributed by atoms with Gasteiger partial charge >= 0.3 is 0 Å². The number of carbonyl (C=O) groups excluding carboxylic acids is 1. The van der Waals surface area contributed by atoms with E-state index in [-0.39, 0.29) is 11.0 Å². The summed E-state index contributed by atoms with van der Waals surface area (Å²) < 4.78 is 0. The van der Waals surface area contributed by atoms with Crippen molar-refractivity contribution in [2.75, 3.05) is 23.3 Å². The monoisotopic (exact) mass is 437 g/mol. The molecule has 2 N–H and O–H groups in total. The molecule has 4 rings (SSSR count). The lowest BCUT2D eigenvalue weighted by Crippen LogP contribution is -2.34. The summed E-state index contributed by atoms with van der Waals surface area (Å²) in [6.45, 7) is 4.50. The highest BCUT2D eigenvalue weighted by Crippen LogP contribution is 2.26. The van der Waals surface area contributed by atoms with Crippen LogP contribution in [0.3, 0.4) is 0 Å². The number of fused-ring (bicyclic) bond motifs is 1. The zero-order valence-electron chi connectivity index (χ0n) is 16.8. The van der Waals surface area contributed by atoms with Crippen LogP contribution in [-0.4, -0.2) is 24.1 Å². The molecule has 1 aliphatic heterocycles. The maximum absolute atomic E-state index is 12.8. The largest absolute Gasteiger partial charge is 0.372 e. The predicted molar refractivity (Wildman–Crippen MR) is 130 cm³/mol. The SMILES string of the molecule is CC1CCN(c2ccc(NC(=S)NC(=O)c3cccc4c(Cl)cccc34)cc2)CC1. The Morgan fingerprint density at radius 3 is 2.40 bits per heavy atom. The number of halogens is 1. The van der Waals surface area contributed by atoms with Gasteiger partial charge in [-0.1, -0.05) is 42.8 Å². The standard InChI is InChI=1S/C24H24ClN3OS/c1-16-12-14-28(15-13-16)18-10-8-17(9-11-18)26-24(30)27-23(29)21-6-2-5-20-19(21)4-3-7-22(20)25/h2-11,16H,12-15H2,1H3,(H2,26,27,29,30). The number of benzene rings is 3. The molecule has 1 aliphatic rings. The molecule has 30 heavy (non-hydrogen) atoms. The van der Waals surface area contributed by atoms with Gasteiger partial charge < -0.3 is 10.2 Å². The molecule has 1 fully saturated rings. The molecule has 154 valence electrons.